The molecule has 1 aliphatic rings. The maximum atomic E-state index is 13.5. The Labute approximate surface area is 216 Å². The van der Waals surface area contributed by atoms with Gasteiger partial charge >= 0.3 is 0 Å². The summed E-state index contributed by atoms with van der Waals surface area (Å²) in [6, 6.07) is 12.1. The van der Waals surface area contributed by atoms with Gasteiger partial charge in [-0.1, -0.05) is 30.4 Å². The van der Waals surface area contributed by atoms with Gasteiger partial charge < -0.3 is 14.9 Å². The summed E-state index contributed by atoms with van der Waals surface area (Å²) in [6.07, 6.45) is 10.7. The minimum Gasteiger partial charge on any atom is -0.345 e. The average Bonchev–Trinajstić information content (AvgIpc) is 3.53. The highest BCUT2D eigenvalue weighted by Gasteiger charge is 2.24. The number of Topliss-reactive ketones (excluding diaryl/α,β-unsaturated/α-hetero) is 1. The fraction of sp³-hybridized carbons (Fsp3) is 0.103. The maximum absolute atomic E-state index is 13.5. The van der Waals surface area contributed by atoms with E-state index >= 15 is 0 Å². The Morgan fingerprint density at radius 3 is 2.71 bits per heavy atom. The molecule has 0 fully saturated rings. The molecule has 3 heterocycles. The number of ketones is 1. The lowest BCUT2D eigenvalue weighted by Crippen LogP contribution is -2.26. The fourth-order valence-electron chi connectivity index (χ4n) is 4.23. The summed E-state index contributed by atoms with van der Waals surface area (Å²) in [5.41, 5.74) is 2.81. The summed E-state index contributed by atoms with van der Waals surface area (Å²) >= 11 is 0. The van der Waals surface area contributed by atoms with Crippen molar-refractivity contribution in [2.45, 2.75) is 19.4 Å². The molecule has 0 saturated carbocycles. The number of anilines is 1. The number of nitrogens with one attached hydrogen (secondary N) is 2. The third-order valence-electron chi connectivity index (χ3n) is 6.13. The molecule has 0 atom stereocenters. The van der Waals surface area contributed by atoms with Crippen molar-refractivity contribution in [2.75, 3.05) is 5.32 Å². The number of H-pyrrole nitrogens is 1. The fourth-order valence-corrected chi connectivity index (χ4v) is 4.23. The number of benzene rings is 2. The van der Waals surface area contributed by atoms with Gasteiger partial charge in [0.05, 0.1) is 17.7 Å². The molecule has 2 aromatic heterocycles. The van der Waals surface area contributed by atoms with Crippen molar-refractivity contribution >= 4 is 35.1 Å². The van der Waals surface area contributed by atoms with Crippen molar-refractivity contribution in [1.82, 2.24) is 14.5 Å². The number of fused-ring (bicyclic) bond motifs is 1. The third kappa shape index (κ3) is 5.27. The summed E-state index contributed by atoms with van der Waals surface area (Å²) in [5.74, 6) is -1.89. The second-order valence-electron chi connectivity index (χ2n) is 8.76. The zero-order chi connectivity index (χ0) is 26.6. The van der Waals surface area contributed by atoms with Crippen LogP contribution in [0.25, 0.3) is 17.7 Å². The van der Waals surface area contributed by atoms with Gasteiger partial charge in [-0.25, -0.2) is 13.8 Å². The van der Waals surface area contributed by atoms with Crippen molar-refractivity contribution < 1.29 is 18.4 Å². The first kappa shape index (κ1) is 24.8. The van der Waals surface area contributed by atoms with E-state index in [0.717, 1.165) is 23.3 Å². The zero-order valence-corrected chi connectivity index (χ0v) is 20.1. The number of aromatic amines is 1. The first-order valence-electron chi connectivity index (χ1n) is 11.9. The van der Waals surface area contributed by atoms with Gasteiger partial charge in [0.1, 0.15) is 5.82 Å². The molecule has 1 aliphatic heterocycles. The molecule has 1 amide bonds. The van der Waals surface area contributed by atoms with Gasteiger partial charge in [0, 0.05) is 36.3 Å². The number of nitrogens with zero attached hydrogens (tertiary/aromatic N) is 2. The number of imidazole rings is 1. The minimum absolute atomic E-state index is 0.0182. The van der Waals surface area contributed by atoms with Crippen molar-refractivity contribution in [2.24, 2.45) is 0 Å². The molecule has 4 aromatic rings. The van der Waals surface area contributed by atoms with Gasteiger partial charge in [-0.3, -0.25) is 14.4 Å². The highest BCUT2D eigenvalue weighted by atomic mass is 19.2. The summed E-state index contributed by atoms with van der Waals surface area (Å²) in [5, 5.41) is 2.85. The Kier molecular flexibility index (Phi) is 6.90. The van der Waals surface area contributed by atoms with Crippen LogP contribution in [0.4, 0.5) is 14.5 Å². The lowest BCUT2D eigenvalue weighted by Gasteiger charge is -2.08. The monoisotopic (exact) mass is 512 g/mol. The lowest BCUT2D eigenvalue weighted by molar-refractivity contribution is -0.110. The molecule has 5 rings (SSSR count). The molecule has 9 heteroatoms. The second-order valence-corrected chi connectivity index (χ2v) is 8.76. The van der Waals surface area contributed by atoms with Crippen LogP contribution < -0.4 is 10.9 Å². The lowest BCUT2D eigenvalue weighted by atomic mass is 10.0. The van der Waals surface area contributed by atoms with Crippen molar-refractivity contribution in [3.8, 4) is 0 Å². The number of rotatable bonds is 8. The number of hydrogen-bond acceptors (Lipinski definition) is 4. The molecule has 0 bridgehead atoms. The van der Waals surface area contributed by atoms with Crippen LogP contribution >= 0.6 is 0 Å². The van der Waals surface area contributed by atoms with Gasteiger partial charge in [0.25, 0.3) is 11.5 Å². The van der Waals surface area contributed by atoms with Crippen LogP contribution in [0.3, 0.4) is 0 Å². The van der Waals surface area contributed by atoms with Crippen LogP contribution in [-0.4, -0.2) is 26.2 Å². The normalized spacial score (nSPS) is 13.7. The number of aromatic nitrogens is 3. The molecule has 38 heavy (non-hydrogen) atoms. The molecule has 0 radical (unpaired) electrons. The molecule has 2 aromatic carbocycles. The van der Waals surface area contributed by atoms with Gasteiger partial charge in [0.2, 0.25) is 0 Å². The molecule has 0 saturated heterocycles. The summed E-state index contributed by atoms with van der Waals surface area (Å²) in [7, 11) is 0. The molecular weight excluding hydrogens is 490 g/mol. The third-order valence-corrected chi connectivity index (χ3v) is 6.13. The number of hydrogen-bond donors (Lipinski definition) is 2. The van der Waals surface area contributed by atoms with Crippen LogP contribution in [0.5, 0.6) is 0 Å². The number of carbonyl (C=O) groups excluding carboxylic acids is 2. The topological polar surface area (TPSA) is 96.8 Å². The van der Waals surface area contributed by atoms with Crippen LogP contribution in [-0.2, 0) is 11.3 Å². The van der Waals surface area contributed by atoms with Crippen LogP contribution in [0.1, 0.15) is 45.7 Å². The molecule has 2 N–H and O–H groups in total. The van der Waals surface area contributed by atoms with E-state index in [1.165, 1.54) is 22.9 Å². The van der Waals surface area contributed by atoms with Gasteiger partial charge in [-0.15, -0.1) is 0 Å². The van der Waals surface area contributed by atoms with E-state index in [0.29, 0.717) is 29.1 Å². The summed E-state index contributed by atoms with van der Waals surface area (Å²) < 4.78 is 28.0. The van der Waals surface area contributed by atoms with Crippen LogP contribution in [0.2, 0.25) is 0 Å². The number of amides is 1. The molecule has 0 aliphatic carbocycles. The van der Waals surface area contributed by atoms with Gasteiger partial charge in [-0.05, 0) is 54.0 Å². The van der Waals surface area contributed by atoms with Crippen molar-refractivity contribution in [3.63, 3.8) is 0 Å². The number of allylic oxidation sites excluding steroid dienone is 1. The summed E-state index contributed by atoms with van der Waals surface area (Å²) in [6.45, 7) is 0.0182. The molecular formula is C29H22F2N4O3. The smallest absolute Gasteiger partial charge is 0.261 e. The Morgan fingerprint density at radius 2 is 1.92 bits per heavy atom. The predicted molar refractivity (Wildman–Crippen MR) is 140 cm³/mol. The molecule has 7 nitrogen and oxygen atoms in total. The predicted octanol–water partition coefficient (Wildman–Crippen LogP) is 5.07. The molecule has 0 unspecified atom stereocenters. The van der Waals surface area contributed by atoms with E-state index in [2.05, 4.69) is 15.3 Å². The maximum Gasteiger partial charge on any atom is 0.261 e. The van der Waals surface area contributed by atoms with E-state index in [9.17, 15) is 23.2 Å². The van der Waals surface area contributed by atoms with Crippen LogP contribution in [0, 0.1) is 11.6 Å². The highest BCUT2D eigenvalue weighted by Crippen LogP contribution is 2.33. The largest absolute Gasteiger partial charge is 0.345 e. The summed E-state index contributed by atoms with van der Waals surface area (Å²) in [4.78, 5) is 45.0. The van der Waals surface area contributed by atoms with E-state index in [4.69, 9.17) is 0 Å². The van der Waals surface area contributed by atoms with E-state index in [1.54, 1.807) is 24.5 Å². The second kappa shape index (κ2) is 10.6. The minimum atomic E-state index is -0.994. The number of carbonyl (C=O) groups is 2. The quantitative estimate of drug-likeness (QED) is 0.255. The highest BCUT2D eigenvalue weighted by molar-refractivity contribution is 6.34. The first-order valence-corrected chi connectivity index (χ1v) is 11.9. The Hall–Kier alpha value is -4.92. The van der Waals surface area contributed by atoms with E-state index in [1.807, 2.05) is 30.4 Å². The van der Waals surface area contributed by atoms with E-state index in [-0.39, 0.29) is 30.2 Å². The number of halogens is 2. The average molecular weight is 513 g/mol. The van der Waals surface area contributed by atoms with Gasteiger partial charge in [0.15, 0.2) is 17.4 Å². The van der Waals surface area contributed by atoms with Crippen molar-refractivity contribution in [1.29, 1.82) is 0 Å². The Morgan fingerprint density at radius 1 is 1.05 bits per heavy atom. The van der Waals surface area contributed by atoms with E-state index < -0.39 is 17.2 Å². The molecule has 0 spiro atoms. The van der Waals surface area contributed by atoms with Gasteiger partial charge in [-0.2, -0.15) is 0 Å². The SMILES string of the molecule is O=C1Nc2cc(/C=C/CCC(=O)c3cccn(Cc4ccc(F)c(F)c4)c3=O)ccc2/C1=C/c1ncc[nH]1. The molecule has 190 valence electrons. The standard InChI is InChI=1S/C29H22F2N4O3/c30-23-10-8-19(14-24(23)31)17-35-13-3-5-21(29(35)38)26(36)6-2-1-4-18-7-9-20-22(16-27-32-11-12-33-27)28(37)34-25(20)15-18/h1,3-5,7-16H,2,6,17H2,(H,32,33)(H,34,37)/b4-1+,22-16-. The van der Waals surface area contributed by atoms with Crippen molar-refractivity contribution in [3.05, 3.63) is 123 Å². The Bertz CT molecular complexity index is 1650. The van der Waals surface area contributed by atoms with Crippen LogP contribution in [0.15, 0.2) is 78.0 Å². The first-order chi connectivity index (χ1) is 18.4. The Balaban J connectivity index is 1.22. The number of pyridine rings is 1. The zero-order valence-electron chi connectivity index (χ0n) is 20.1.